The van der Waals surface area contributed by atoms with Crippen LogP contribution in [0.1, 0.15) is 30.4 Å². The lowest BCUT2D eigenvalue weighted by Crippen LogP contribution is -2.36. The van der Waals surface area contributed by atoms with Gasteiger partial charge in [-0.3, -0.25) is 14.5 Å². The van der Waals surface area contributed by atoms with Crippen molar-refractivity contribution in [2.75, 3.05) is 27.3 Å². The summed E-state index contributed by atoms with van der Waals surface area (Å²) in [5.74, 6) is 0.705. The number of methoxy groups -OCH3 is 2. The Balaban J connectivity index is 1.69. The average molecular weight is 406 g/mol. The van der Waals surface area contributed by atoms with E-state index >= 15 is 0 Å². The highest BCUT2D eigenvalue weighted by Crippen LogP contribution is 2.35. The fourth-order valence-corrected chi connectivity index (χ4v) is 4.14. The molecule has 1 fully saturated rings. The number of nitrogens with zero attached hydrogens (tertiary/aromatic N) is 2. The van der Waals surface area contributed by atoms with Gasteiger partial charge < -0.3 is 14.4 Å². The zero-order chi connectivity index (χ0) is 21.1. The van der Waals surface area contributed by atoms with Crippen LogP contribution in [0.2, 0.25) is 0 Å². The van der Waals surface area contributed by atoms with Gasteiger partial charge in [-0.25, -0.2) is 0 Å². The van der Waals surface area contributed by atoms with Gasteiger partial charge in [0.15, 0.2) is 11.5 Å². The number of hydrogen-bond acceptors (Lipinski definition) is 5. The molecule has 2 aromatic carbocycles. The molecule has 0 aromatic heterocycles. The normalized spacial score (nSPS) is 17.0. The summed E-state index contributed by atoms with van der Waals surface area (Å²) in [6, 6.07) is 14.9. The summed E-state index contributed by atoms with van der Waals surface area (Å²) in [7, 11) is 3.14. The first-order valence-electron chi connectivity index (χ1n) is 10.3. The molecule has 0 unspecified atom stereocenters. The summed E-state index contributed by atoms with van der Waals surface area (Å²) >= 11 is 0. The molecular weight excluding hydrogens is 380 g/mol. The standard InChI is InChI=1S/C24H26N2O4/c1-29-19-12-11-17(15-20(19)30-2)16-26-23(27)21(18-9-5-3-6-10-18)22(24(26)28)25-13-7-4-8-14-25/h3,5-6,9-12,15H,4,7-8,13-14,16H2,1-2H3. The van der Waals surface area contributed by atoms with E-state index in [4.69, 9.17) is 9.47 Å². The molecule has 2 aromatic rings. The van der Waals surface area contributed by atoms with Crippen molar-refractivity contribution in [1.29, 1.82) is 0 Å². The monoisotopic (exact) mass is 406 g/mol. The van der Waals surface area contributed by atoms with Crippen molar-refractivity contribution >= 4 is 17.4 Å². The van der Waals surface area contributed by atoms with E-state index in [1.807, 2.05) is 36.4 Å². The minimum absolute atomic E-state index is 0.186. The van der Waals surface area contributed by atoms with E-state index in [2.05, 4.69) is 4.90 Å². The van der Waals surface area contributed by atoms with Crippen molar-refractivity contribution in [3.8, 4) is 11.5 Å². The molecule has 2 aliphatic rings. The fourth-order valence-electron chi connectivity index (χ4n) is 4.14. The Morgan fingerprint density at radius 3 is 2.20 bits per heavy atom. The second-order valence-corrected chi connectivity index (χ2v) is 7.52. The summed E-state index contributed by atoms with van der Waals surface area (Å²) in [6.45, 7) is 1.79. The van der Waals surface area contributed by atoms with Gasteiger partial charge in [0, 0.05) is 13.1 Å². The van der Waals surface area contributed by atoms with Crippen LogP contribution < -0.4 is 9.47 Å². The van der Waals surface area contributed by atoms with Gasteiger partial charge in [-0.1, -0.05) is 36.4 Å². The lowest BCUT2D eigenvalue weighted by atomic mass is 10.0. The van der Waals surface area contributed by atoms with Gasteiger partial charge in [0.25, 0.3) is 11.8 Å². The van der Waals surface area contributed by atoms with Gasteiger partial charge in [0.05, 0.1) is 26.3 Å². The fraction of sp³-hybridized carbons (Fsp3) is 0.333. The molecular formula is C24H26N2O4. The maximum Gasteiger partial charge on any atom is 0.278 e. The third kappa shape index (κ3) is 3.65. The number of piperidine rings is 1. The number of hydrogen-bond donors (Lipinski definition) is 0. The highest BCUT2D eigenvalue weighted by Gasteiger charge is 2.41. The summed E-state index contributed by atoms with van der Waals surface area (Å²) in [6.07, 6.45) is 3.22. The van der Waals surface area contributed by atoms with Crippen LogP contribution in [-0.2, 0) is 16.1 Å². The number of rotatable bonds is 6. The third-order valence-electron chi connectivity index (χ3n) is 5.67. The maximum atomic E-state index is 13.4. The Hall–Kier alpha value is -3.28. The van der Waals surface area contributed by atoms with E-state index in [-0.39, 0.29) is 18.4 Å². The Bertz CT molecular complexity index is 978. The van der Waals surface area contributed by atoms with Crippen LogP contribution in [0, 0.1) is 0 Å². The largest absolute Gasteiger partial charge is 0.493 e. The Kier molecular flexibility index (Phi) is 5.74. The van der Waals surface area contributed by atoms with E-state index in [9.17, 15) is 9.59 Å². The van der Waals surface area contributed by atoms with Crippen LogP contribution in [0.5, 0.6) is 11.5 Å². The number of imide groups is 1. The zero-order valence-electron chi connectivity index (χ0n) is 17.4. The number of carbonyl (C=O) groups is 2. The number of benzene rings is 2. The third-order valence-corrected chi connectivity index (χ3v) is 5.67. The second-order valence-electron chi connectivity index (χ2n) is 7.52. The molecule has 0 radical (unpaired) electrons. The maximum absolute atomic E-state index is 13.4. The number of amides is 2. The average Bonchev–Trinajstić information content (AvgIpc) is 3.04. The van der Waals surface area contributed by atoms with Crippen LogP contribution in [0.15, 0.2) is 54.2 Å². The molecule has 0 aliphatic carbocycles. The van der Waals surface area contributed by atoms with E-state index in [1.54, 1.807) is 26.4 Å². The van der Waals surface area contributed by atoms with Crippen LogP contribution in [0.25, 0.3) is 5.57 Å². The smallest absolute Gasteiger partial charge is 0.278 e. The van der Waals surface area contributed by atoms with Crippen LogP contribution in [0.4, 0.5) is 0 Å². The minimum Gasteiger partial charge on any atom is -0.493 e. The first kappa shape index (κ1) is 20.0. The van der Waals surface area contributed by atoms with Crippen molar-refractivity contribution < 1.29 is 19.1 Å². The van der Waals surface area contributed by atoms with Crippen LogP contribution in [-0.4, -0.2) is 48.9 Å². The molecule has 1 saturated heterocycles. The first-order chi connectivity index (χ1) is 14.6. The molecule has 6 nitrogen and oxygen atoms in total. The van der Waals surface area contributed by atoms with E-state index in [0.29, 0.717) is 22.8 Å². The SMILES string of the molecule is COc1ccc(CN2C(=O)C(c3ccccc3)=C(N3CCCCC3)C2=O)cc1OC. The first-order valence-corrected chi connectivity index (χ1v) is 10.3. The lowest BCUT2D eigenvalue weighted by Gasteiger charge is -2.29. The molecule has 0 saturated carbocycles. The van der Waals surface area contributed by atoms with Crippen molar-refractivity contribution in [3.63, 3.8) is 0 Å². The van der Waals surface area contributed by atoms with Gasteiger partial charge in [0.1, 0.15) is 5.70 Å². The molecule has 2 aliphatic heterocycles. The van der Waals surface area contributed by atoms with Crippen LogP contribution >= 0.6 is 0 Å². The van der Waals surface area contributed by atoms with E-state index in [1.165, 1.54) is 4.90 Å². The molecule has 30 heavy (non-hydrogen) atoms. The molecule has 6 heteroatoms. The van der Waals surface area contributed by atoms with Gasteiger partial charge in [-0.05, 0) is 42.5 Å². The Labute approximate surface area is 176 Å². The Morgan fingerprint density at radius 2 is 1.53 bits per heavy atom. The molecule has 0 atom stereocenters. The quantitative estimate of drug-likeness (QED) is 0.688. The highest BCUT2D eigenvalue weighted by molar-refractivity contribution is 6.35. The van der Waals surface area contributed by atoms with E-state index < -0.39 is 0 Å². The summed E-state index contributed by atoms with van der Waals surface area (Å²) < 4.78 is 10.7. The molecule has 4 rings (SSSR count). The van der Waals surface area contributed by atoms with Crippen molar-refractivity contribution in [1.82, 2.24) is 9.80 Å². The topological polar surface area (TPSA) is 59.1 Å². The molecule has 2 amide bonds. The molecule has 0 N–H and O–H groups in total. The minimum atomic E-state index is -0.249. The van der Waals surface area contributed by atoms with Gasteiger partial charge in [0.2, 0.25) is 0 Å². The van der Waals surface area contributed by atoms with E-state index in [0.717, 1.165) is 43.5 Å². The summed E-state index contributed by atoms with van der Waals surface area (Å²) in [5.41, 5.74) is 2.63. The summed E-state index contributed by atoms with van der Waals surface area (Å²) in [5, 5.41) is 0. The number of carbonyl (C=O) groups excluding carboxylic acids is 2. The summed E-state index contributed by atoms with van der Waals surface area (Å²) in [4.78, 5) is 30.3. The molecule has 0 bridgehead atoms. The lowest BCUT2D eigenvalue weighted by molar-refractivity contribution is -0.138. The van der Waals surface area contributed by atoms with Gasteiger partial charge >= 0.3 is 0 Å². The highest BCUT2D eigenvalue weighted by atomic mass is 16.5. The predicted octanol–water partition coefficient (Wildman–Crippen LogP) is 3.47. The molecule has 0 spiro atoms. The number of likely N-dealkylation sites (tertiary alicyclic amines) is 1. The Morgan fingerprint density at radius 1 is 0.833 bits per heavy atom. The predicted molar refractivity (Wildman–Crippen MR) is 114 cm³/mol. The van der Waals surface area contributed by atoms with Crippen molar-refractivity contribution in [2.24, 2.45) is 0 Å². The molecule has 156 valence electrons. The van der Waals surface area contributed by atoms with Crippen LogP contribution in [0.3, 0.4) is 0 Å². The van der Waals surface area contributed by atoms with Crippen molar-refractivity contribution in [2.45, 2.75) is 25.8 Å². The number of ether oxygens (including phenoxy) is 2. The zero-order valence-corrected chi connectivity index (χ0v) is 17.4. The van der Waals surface area contributed by atoms with Gasteiger partial charge in [-0.2, -0.15) is 0 Å². The van der Waals surface area contributed by atoms with Crippen molar-refractivity contribution in [3.05, 3.63) is 65.4 Å². The molecule has 2 heterocycles. The second kappa shape index (κ2) is 8.61. The van der Waals surface area contributed by atoms with Gasteiger partial charge in [-0.15, -0.1) is 0 Å².